The van der Waals surface area contributed by atoms with Crippen molar-refractivity contribution in [1.29, 1.82) is 0 Å². The molecule has 1 N–H and O–H groups in total. The fourth-order valence-electron chi connectivity index (χ4n) is 2.45. The number of rotatable bonds is 3. The quantitative estimate of drug-likeness (QED) is 0.721. The van der Waals surface area contributed by atoms with E-state index in [9.17, 15) is 13.2 Å². The SMILES string of the molecule is CC(C)Nc1ncc(-c2ccncc2)c2c(F)c(F)c(F)cc12. The van der Waals surface area contributed by atoms with E-state index in [1.807, 2.05) is 13.8 Å². The zero-order chi connectivity index (χ0) is 16.6. The summed E-state index contributed by atoms with van der Waals surface area (Å²) in [5, 5.41) is 3.21. The maximum Gasteiger partial charge on any atom is 0.195 e. The summed E-state index contributed by atoms with van der Waals surface area (Å²) in [6, 6.07) is 4.30. The summed E-state index contributed by atoms with van der Waals surface area (Å²) in [6.45, 7) is 3.75. The first-order valence-corrected chi connectivity index (χ1v) is 7.12. The van der Waals surface area contributed by atoms with Crippen molar-refractivity contribution in [3.63, 3.8) is 0 Å². The molecule has 0 saturated carbocycles. The second-order valence-electron chi connectivity index (χ2n) is 5.46. The monoisotopic (exact) mass is 317 g/mol. The van der Waals surface area contributed by atoms with Gasteiger partial charge < -0.3 is 5.32 Å². The smallest absolute Gasteiger partial charge is 0.195 e. The molecule has 0 unspecified atom stereocenters. The minimum absolute atomic E-state index is 0.00625. The zero-order valence-electron chi connectivity index (χ0n) is 12.6. The predicted molar refractivity (Wildman–Crippen MR) is 83.6 cm³/mol. The van der Waals surface area contributed by atoms with Gasteiger partial charge in [-0.05, 0) is 37.6 Å². The zero-order valence-corrected chi connectivity index (χ0v) is 12.6. The highest BCUT2D eigenvalue weighted by atomic mass is 19.2. The number of nitrogens with one attached hydrogen (secondary N) is 1. The van der Waals surface area contributed by atoms with Gasteiger partial charge in [0.05, 0.1) is 0 Å². The molecule has 0 bridgehead atoms. The van der Waals surface area contributed by atoms with Gasteiger partial charge in [-0.1, -0.05) is 0 Å². The first-order chi connectivity index (χ1) is 11.0. The van der Waals surface area contributed by atoms with Crippen LogP contribution in [0.2, 0.25) is 0 Å². The standard InChI is InChI=1S/C17H14F3N3/c1-9(2)23-17-11-7-13(18)15(19)16(20)14(11)12(8-22-17)10-3-5-21-6-4-10/h3-9H,1-2H3,(H,22,23). The Kier molecular flexibility index (Phi) is 3.90. The highest BCUT2D eigenvalue weighted by molar-refractivity contribution is 6.02. The highest BCUT2D eigenvalue weighted by Gasteiger charge is 2.20. The third-order valence-corrected chi connectivity index (χ3v) is 3.43. The van der Waals surface area contributed by atoms with Crippen LogP contribution in [-0.4, -0.2) is 16.0 Å². The molecule has 3 nitrogen and oxygen atoms in total. The van der Waals surface area contributed by atoms with E-state index in [4.69, 9.17) is 0 Å². The average Bonchev–Trinajstić information content (AvgIpc) is 2.54. The normalized spacial score (nSPS) is 11.2. The first-order valence-electron chi connectivity index (χ1n) is 7.12. The van der Waals surface area contributed by atoms with Gasteiger partial charge >= 0.3 is 0 Å². The number of fused-ring (bicyclic) bond motifs is 1. The van der Waals surface area contributed by atoms with Crippen LogP contribution in [0.25, 0.3) is 21.9 Å². The molecule has 0 aliphatic heterocycles. The van der Waals surface area contributed by atoms with Gasteiger partial charge in [0.15, 0.2) is 17.5 Å². The van der Waals surface area contributed by atoms with Crippen LogP contribution in [0.1, 0.15) is 13.8 Å². The van der Waals surface area contributed by atoms with Crippen LogP contribution in [0.5, 0.6) is 0 Å². The second-order valence-corrected chi connectivity index (χ2v) is 5.46. The van der Waals surface area contributed by atoms with Crippen molar-refractivity contribution in [3.8, 4) is 11.1 Å². The van der Waals surface area contributed by atoms with Crippen molar-refractivity contribution >= 4 is 16.6 Å². The fourth-order valence-corrected chi connectivity index (χ4v) is 2.45. The summed E-state index contributed by atoms with van der Waals surface area (Å²) >= 11 is 0. The predicted octanol–water partition coefficient (Wildman–Crippen LogP) is 4.53. The average molecular weight is 317 g/mol. The van der Waals surface area contributed by atoms with Crippen LogP contribution in [0.15, 0.2) is 36.8 Å². The molecule has 6 heteroatoms. The van der Waals surface area contributed by atoms with Gasteiger partial charge in [0.1, 0.15) is 5.82 Å². The molecule has 0 aliphatic rings. The minimum atomic E-state index is -1.49. The molecule has 23 heavy (non-hydrogen) atoms. The van der Waals surface area contributed by atoms with Gasteiger partial charge in [-0.2, -0.15) is 0 Å². The second kappa shape index (κ2) is 5.87. The molecule has 3 aromatic rings. The van der Waals surface area contributed by atoms with E-state index in [1.165, 1.54) is 6.20 Å². The summed E-state index contributed by atoms with van der Waals surface area (Å²) in [6.07, 6.45) is 4.53. The maximum atomic E-state index is 14.4. The van der Waals surface area contributed by atoms with Gasteiger partial charge in [0.2, 0.25) is 0 Å². The van der Waals surface area contributed by atoms with Gasteiger partial charge in [0, 0.05) is 41.0 Å². The van der Waals surface area contributed by atoms with Gasteiger partial charge in [-0.3, -0.25) is 4.98 Å². The lowest BCUT2D eigenvalue weighted by atomic mass is 10.00. The number of aromatic nitrogens is 2. The molecule has 0 spiro atoms. The molecule has 0 aliphatic carbocycles. The lowest BCUT2D eigenvalue weighted by Crippen LogP contribution is -2.12. The Hall–Kier alpha value is -2.63. The summed E-state index contributed by atoms with van der Waals surface area (Å²) in [5.41, 5.74) is 1.01. The third kappa shape index (κ3) is 2.72. The van der Waals surface area contributed by atoms with E-state index in [2.05, 4.69) is 15.3 Å². The summed E-state index contributed by atoms with van der Waals surface area (Å²) < 4.78 is 41.9. The number of nitrogens with zero attached hydrogens (tertiary/aromatic N) is 2. The van der Waals surface area contributed by atoms with Crippen LogP contribution < -0.4 is 5.32 Å². The van der Waals surface area contributed by atoms with Crippen molar-refractivity contribution in [2.75, 3.05) is 5.32 Å². The van der Waals surface area contributed by atoms with Gasteiger partial charge in [0.25, 0.3) is 0 Å². The Morgan fingerprint density at radius 3 is 2.39 bits per heavy atom. The van der Waals surface area contributed by atoms with Crippen molar-refractivity contribution < 1.29 is 13.2 Å². The van der Waals surface area contributed by atoms with Crippen LogP contribution in [0, 0.1) is 17.5 Å². The molecule has 118 valence electrons. The maximum absolute atomic E-state index is 14.4. The molecule has 3 rings (SSSR count). The van der Waals surface area contributed by atoms with Crippen molar-refractivity contribution in [1.82, 2.24) is 9.97 Å². The number of halogens is 3. The van der Waals surface area contributed by atoms with E-state index < -0.39 is 17.5 Å². The summed E-state index contributed by atoms with van der Waals surface area (Å²) in [4.78, 5) is 8.15. The molecule has 0 amide bonds. The molecule has 2 aromatic heterocycles. The molecule has 1 aromatic carbocycles. The van der Waals surface area contributed by atoms with E-state index >= 15 is 0 Å². The minimum Gasteiger partial charge on any atom is -0.367 e. The number of pyridine rings is 2. The van der Waals surface area contributed by atoms with Gasteiger partial charge in [-0.25, -0.2) is 18.2 Å². The lowest BCUT2D eigenvalue weighted by Gasteiger charge is -2.15. The molecule has 0 atom stereocenters. The third-order valence-electron chi connectivity index (χ3n) is 3.43. The van der Waals surface area contributed by atoms with E-state index in [0.717, 1.165) is 6.07 Å². The number of hydrogen-bond acceptors (Lipinski definition) is 3. The molecule has 2 heterocycles. The topological polar surface area (TPSA) is 37.8 Å². The van der Waals surface area contributed by atoms with Crippen molar-refractivity contribution in [3.05, 3.63) is 54.2 Å². The Morgan fingerprint density at radius 2 is 1.74 bits per heavy atom. The summed E-state index contributed by atoms with van der Waals surface area (Å²) in [5.74, 6) is -3.64. The van der Waals surface area contributed by atoms with E-state index in [0.29, 0.717) is 16.9 Å². The molecule has 0 fully saturated rings. The van der Waals surface area contributed by atoms with E-state index in [1.54, 1.807) is 24.5 Å². The fraction of sp³-hybridized carbons (Fsp3) is 0.176. The molecule has 0 saturated heterocycles. The lowest BCUT2D eigenvalue weighted by molar-refractivity contribution is 0.453. The molecule has 0 radical (unpaired) electrons. The molecular formula is C17H14F3N3. The number of benzene rings is 1. The van der Waals surface area contributed by atoms with E-state index in [-0.39, 0.29) is 16.8 Å². The van der Waals surface area contributed by atoms with Crippen molar-refractivity contribution in [2.45, 2.75) is 19.9 Å². The Morgan fingerprint density at radius 1 is 1.04 bits per heavy atom. The number of anilines is 1. The van der Waals surface area contributed by atoms with Crippen molar-refractivity contribution in [2.24, 2.45) is 0 Å². The number of hydrogen-bond donors (Lipinski definition) is 1. The Balaban J connectivity index is 2.38. The summed E-state index contributed by atoms with van der Waals surface area (Å²) in [7, 11) is 0. The highest BCUT2D eigenvalue weighted by Crippen LogP contribution is 2.35. The van der Waals surface area contributed by atoms with Gasteiger partial charge in [-0.15, -0.1) is 0 Å². The van der Waals surface area contributed by atoms with Crippen LogP contribution in [-0.2, 0) is 0 Å². The van der Waals surface area contributed by atoms with Crippen LogP contribution >= 0.6 is 0 Å². The molecular weight excluding hydrogens is 303 g/mol. The van der Waals surface area contributed by atoms with Crippen LogP contribution in [0.3, 0.4) is 0 Å². The Labute approximate surface area is 131 Å². The largest absolute Gasteiger partial charge is 0.367 e. The first kappa shape index (κ1) is 15.3. The van der Waals surface area contributed by atoms with Crippen LogP contribution in [0.4, 0.5) is 19.0 Å². The Bertz CT molecular complexity index is 864.